The molecule has 0 spiro atoms. The molecule has 2 rings (SSSR count). The molecule has 1 N–H and O–H groups in total. The maximum absolute atomic E-state index is 9.36. The highest BCUT2D eigenvalue weighted by molar-refractivity contribution is 4.97. The third kappa shape index (κ3) is 2.13. The molecule has 0 aromatic carbocycles. The Labute approximate surface area is 84.2 Å². The number of rotatable bonds is 2. The highest BCUT2D eigenvalue weighted by Gasteiger charge is 2.17. The van der Waals surface area contributed by atoms with Crippen molar-refractivity contribution in [3.63, 3.8) is 0 Å². The van der Waals surface area contributed by atoms with E-state index in [2.05, 4.69) is 9.88 Å². The van der Waals surface area contributed by atoms with E-state index in [0.717, 1.165) is 32.5 Å². The normalized spacial score (nSPS) is 20.1. The Morgan fingerprint density at radius 2 is 2.21 bits per heavy atom. The van der Waals surface area contributed by atoms with Crippen molar-refractivity contribution in [2.45, 2.75) is 25.5 Å². The van der Waals surface area contributed by atoms with Crippen molar-refractivity contribution in [2.75, 3.05) is 13.1 Å². The lowest BCUT2D eigenvalue weighted by molar-refractivity contribution is 0.0783. The first-order valence-electron chi connectivity index (χ1n) is 5.11. The van der Waals surface area contributed by atoms with Crippen LogP contribution in [0, 0.1) is 0 Å². The summed E-state index contributed by atoms with van der Waals surface area (Å²) in [4.78, 5) is 6.45. The predicted octanol–water partition coefficient (Wildman–Crippen LogP) is 0.377. The first-order chi connectivity index (χ1) is 6.75. The van der Waals surface area contributed by atoms with Gasteiger partial charge in [-0.15, -0.1) is 0 Å². The highest BCUT2D eigenvalue weighted by atomic mass is 16.3. The molecule has 0 aliphatic carbocycles. The molecule has 1 aromatic heterocycles. The van der Waals surface area contributed by atoms with Crippen molar-refractivity contribution in [3.8, 4) is 0 Å². The summed E-state index contributed by atoms with van der Waals surface area (Å²) in [5, 5.41) is 9.36. The van der Waals surface area contributed by atoms with E-state index < -0.39 is 0 Å². The molecule has 4 nitrogen and oxygen atoms in total. The van der Waals surface area contributed by atoms with Gasteiger partial charge in [0.15, 0.2) is 0 Å². The first kappa shape index (κ1) is 9.68. The lowest BCUT2D eigenvalue weighted by Crippen LogP contribution is -2.35. The second-order valence-electron chi connectivity index (χ2n) is 4.00. The van der Waals surface area contributed by atoms with E-state index in [9.17, 15) is 5.11 Å². The highest BCUT2D eigenvalue weighted by Crippen LogP contribution is 2.12. The number of likely N-dealkylation sites (tertiary alicyclic amines) is 1. The van der Waals surface area contributed by atoms with Gasteiger partial charge in [0.25, 0.3) is 0 Å². The predicted molar refractivity (Wildman–Crippen MR) is 53.7 cm³/mol. The molecule has 1 saturated heterocycles. The number of nitrogens with zero attached hydrogens (tertiary/aromatic N) is 3. The molecule has 1 aliphatic rings. The van der Waals surface area contributed by atoms with Gasteiger partial charge in [0, 0.05) is 32.9 Å². The zero-order valence-electron chi connectivity index (χ0n) is 8.56. The molecule has 1 fully saturated rings. The summed E-state index contributed by atoms with van der Waals surface area (Å²) in [6.07, 6.45) is 5.45. The molecular formula is C10H17N3O. The molecule has 1 aliphatic heterocycles. The lowest BCUT2D eigenvalue weighted by atomic mass is 10.1. The van der Waals surface area contributed by atoms with Gasteiger partial charge in [0.05, 0.1) is 18.1 Å². The number of aliphatic hydroxyl groups excluding tert-OH is 1. The van der Waals surface area contributed by atoms with Gasteiger partial charge in [-0.25, -0.2) is 4.98 Å². The monoisotopic (exact) mass is 195 g/mol. The fourth-order valence-electron chi connectivity index (χ4n) is 1.84. The van der Waals surface area contributed by atoms with Crippen LogP contribution in [0.15, 0.2) is 12.5 Å². The summed E-state index contributed by atoms with van der Waals surface area (Å²) in [5.74, 6) is 0. The number of aryl methyl sites for hydroxylation is 1. The summed E-state index contributed by atoms with van der Waals surface area (Å²) in [7, 11) is 2.02. The van der Waals surface area contributed by atoms with Gasteiger partial charge in [0.1, 0.15) is 0 Å². The van der Waals surface area contributed by atoms with Crippen LogP contribution >= 0.6 is 0 Å². The van der Waals surface area contributed by atoms with Crippen LogP contribution < -0.4 is 0 Å². The van der Waals surface area contributed by atoms with E-state index in [1.165, 1.54) is 5.69 Å². The number of aromatic nitrogens is 2. The van der Waals surface area contributed by atoms with E-state index in [1.807, 2.05) is 24.1 Å². The molecule has 0 atom stereocenters. The van der Waals surface area contributed by atoms with E-state index in [1.54, 1.807) is 0 Å². The zero-order valence-corrected chi connectivity index (χ0v) is 8.56. The molecule has 0 saturated carbocycles. The maximum atomic E-state index is 9.36. The van der Waals surface area contributed by atoms with E-state index in [0.29, 0.717) is 0 Å². The Morgan fingerprint density at radius 1 is 1.50 bits per heavy atom. The molecular weight excluding hydrogens is 178 g/mol. The first-order valence-corrected chi connectivity index (χ1v) is 5.11. The zero-order chi connectivity index (χ0) is 9.97. The molecule has 2 heterocycles. The van der Waals surface area contributed by atoms with Gasteiger partial charge in [-0.3, -0.25) is 4.90 Å². The van der Waals surface area contributed by atoms with Crippen molar-refractivity contribution >= 4 is 0 Å². The van der Waals surface area contributed by atoms with Crippen molar-refractivity contribution < 1.29 is 5.11 Å². The van der Waals surface area contributed by atoms with Gasteiger partial charge < -0.3 is 9.67 Å². The molecule has 1 aromatic rings. The molecule has 78 valence electrons. The van der Waals surface area contributed by atoms with Crippen molar-refractivity contribution in [3.05, 3.63) is 18.2 Å². The topological polar surface area (TPSA) is 41.3 Å². The van der Waals surface area contributed by atoms with Crippen LogP contribution in [0.2, 0.25) is 0 Å². The van der Waals surface area contributed by atoms with Crippen LogP contribution in [0.3, 0.4) is 0 Å². The van der Waals surface area contributed by atoms with Gasteiger partial charge in [-0.2, -0.15) is 0 Å². The number of aliphatic hydroxyl groups is 1. The number of piperidine rings is 1. The van der Waals surface area contributed by atoms with Gasteiger partial charge in [0.2, 0.25) is 0 Å². The standard InChI is InChI=1S/C10H17N3O/c1-12-8-11-6-9(12)7-13-4-2-10(14)3-5-13/h6,8,10,14H,2-5,7H2,1H3. The fraction of sp³-hybridized carbons (Fsp3) is 0.700. The Hall–Kier alpha value is -0.870. The van der Waals surface area contributed by atoms with Gasteiger partial charge in [-0.1, -0.05) is 0 Å². The smallest absolute Gasteiger partial charge is 0.0945 e. The summed E-state index contributed by atoms with van der Waals surface area (Å²) >= 11 is 0. The SMILES string of the molecule is Cn1cncc1CN1CCC(O)CC1. The lowest BCUT2D eigenvalue weighted by Gasteiger charge is -2.29. The van der Waals surface area contributed by atoms with Crippen molar-refractivity contribution in [1.29, 1.82) is 0 Å². The van der Waals surface area contributed by atoms with Crippen LogP contribution in [0.25, 0.3) is 0 Å². The number of imidazole rings is 1. The van der Waals surface area contributed by atoms with Crippen LogP contribution in [0.4, 0.5) is 0 Å². The Bertz CT molecular complexity index is 289. The minimum atomic E-state index is -0.0854. The molecule has 0 amide bonds. The average molecular weight is 195 g/mol. The minimum Gasteiger partial charge on any atom is -0.393 e. The third-order valence-corrected chi connectivity index (χ3v) is 2.86. The number of hydrogen-bond donors (Lipinski definition) is 1. The summed E-state index contributed by atoms with van der Waals surface area (Å²) in [6.45, 7) is 2.93. The fourth-order valence-corrected chi connectivity index (χ4v) is 1.84. The number of hydrogen-bond acceptors (Lipinski definition) is 3. The van der Waals surface area contributed by atoms with Crippen LogP contribution in [0.5, 0.6) is 0 Å². The minimum absolute atomic E-state index is 0.0854. The van der Waals surface area contributed by atoms with Gasteiger partial charge >= 0.3 is 0 Å². The van der Waals surface area contributed by atoms with Crippen LogP contribution in [-0.4, -0.2) is 38.8 Å². The maximum Gasteiger partial charge on any atom is 0.0945 e. The Balaban J connectivity index is 1.89. The summed E-state index contributed by atoms with van der Waals surface area (Å²) < 4.78 is 2.05. The summed E-state index contributed by atoms with van der Waals surface area (Å²) in [5.41, 5.74) is 1.24. The second-order valence-corrected chi connectivity index (χ2v) is 4.00. The van der Waals surface area contributed by atoms with Crippen LogP contribution in [0.1, 0.15) is 18.5 Å². The van der Waals surface area contributed by atoms with Crippen molar-refractivity contribution in [1.82, 2.24) is 14.5 Å². The third-order valence-electron chi connectivity index (χ3n) is 2.86. The van der Waals surface area contributed by atoms with Gasteiger partial charge in [-0.05, 0) is 12.8 Å². The quantitative estimate of drug-likeness (QED) is 0.741. The summed E-state index contributed by atoms with van der Waals surface area (Å²) in [6, 6.07) is 0. The Morgan fingerprint density at radius 3 is 2.79 bits per heavy atom. The molecule has 0 radical (unpaired) electrons. The molecule has 0 unspecified atom stereocenters. The van der Waals surface area contributed by atoms with Crippen molar-refractivity contribution in [2.24, 2.45) is 7.05 Å². The van der Waals surface area contributed by atoms with E-state index >= 15 is 0 Å². The molecule has 0 bridgehead atoms. The van der Waals surface area contributed by atoms with E-state index in [4.69, 9.17) is 0 Å². The molecule has 4 heteroatoms. The second kappa shape index (κ2) is 4.11. The molecule has 14 heavy (non-hydrogen) atoms. The van der Waals surface area contributed by atoms with E-state index in [-0.39, 0.29) is 6.10 Å². The average Bonchev–Trinajstić information content (AvgIpc) is 2.56. The largest absolute Gasteiger partial charge is 0.393 e. The van der Waals surface area contributed by atoms with Crippen LogP contribution in [-0.2, 0) is 13.6 Å². The Kier molecular flexibility index (Phi) is 2.84.